The van der Waals surface area contributed by atoms with Gasteiger partial charge >= 0.3 is 12.1 Å². The van der Waals surface area contributed by atoms with Crippen LogP contribution in [0.5, 0.6) is 0 Å². The number of carbonyl (C=O) groups excluding carboxylic acids is 2. The standard InChI is InChI=1S/C18H23N3O5/c1-13(22)21-12-15(11-16(21)17(23)24)26-18(25)20-9-7-19(8-10-20)14-5-3-2-4-6-14/h2-6,15-16H,7-12H2,1H3,(H,23,24)/t15?,16-/m0/s1. The van der Waals surface area contributed by atoms with Crippen molar-refractivity contribution in [3.8, 4) is 0 Å². The van der Waals surface area contributed by atoms with E-state index in [1.165, 1.54) is 11.8 Å². The summed E-state index contributed by atoms with van der Waals surface area (Å²) in [5.41, 5.74) is 1.12. The minimum Gasteiger partial charge on any atom is -0.480 e. The van der Waals surface area contributed by atoms with E-state index in [2.05, 4.69) is 4.90 Å². The molecule has 1 aromatic rings. The molecule has 1 N–H and O–H groups in total. The van der Waals surface area contributed by atoms with Crippen LogP contribution in [0.3, 0.4) is 0 Å². The summed E-state index contributed by atoms with van der Waals surface area (Å²) in [6.07, 6.45) is -0.901. The number of anilines is 1. The fraction of sp³-hybridized carbons (Fsp3) is 0.500. The quantitative estimate of drug-likeness (QED) is 0.864. The van der Waals surface area contributed by atoms with E-state index in [1.807, 2.05) is 30.3 Å². The molecule has 8 heteroatoms. The summed E-state index contributed by atoms with van der Waals surface area (Å²) in [5, 5.41) is 9.22. The number of nitrogens with zero attached hydrogens (tertiary/aromatic N) is 3. The van der Waals surface area contributed by atoms with Crippen molar-refractivity contribution in [2.75, 3.05) is 37.6 Å². The number of hydrogen-bond donors (Lipinski definition) is 1. The van der Waals surface area contributed by atoms with Crippen LogP contribution in [0, 0.1) is 0 Å². The average molecular weight is 361 g/mol. The predicted molar refractivity (Wildman–Crippen MR) is 93.9 cm³/mol. The number of benzene rings is 1. The molecular weight excluding hydrogens is 338 g/mol. The van der Waals surface area contributed by atoms with Gasteiger partial charge < -0.3 is 24.5 Å². The van der Waals surface area contributed by atoms with Crippen molar-refractivity contribution in [2.45, 2.75) is 25.5 Å². The van der Waals surface area contributed by atoms with E-state index in [0.717, 1.165) is 5.69 Å². The van der Waals surface area contributed by atoms with Crippen LogP contribution >= 0.6 is 0 Å². The maximum atomic E-state index is 12.4. The van der Waals surface area contributed by atoms with E-state index in [4.69, 9.17) is 4.74 Å². The molecule has 0 radical (unpaired) electrons. The van der Waals surface area contributed by atoms with E-state index >= 15 is 0 Å². The van der Waals surface area contributed by atoms with Crippen LogP contribution in [0.1, 0.15) is 13.3 Å². The molecule has 8 nitrogen and oxygen atoms in total. The van der Waals surface area contributed by atoms with E-state index < -0.39 is 24.2 Å². The van der Waals surface area contributed by atoms with Gasteiger partial charge in [0.1, 0.15) is 12.1 Å². The first-order chi connectivity index (χ1) is 12.5. The summed E-state index contributed by atoms with van der Waals surface area (Å²) >= 11 is 0. The molecule has 2 heterocycles. The van der Waals surface area contributed by atoms with Gasteiger partial charge in [-0.05, 0) is 12.1 Å². The summed E-state index contributed by atoms with van der Waals surface area (Å²) < 4.78 is 5.46. The van der Waals surface area contributed by atoms with E-state index in [9.17, 15) is 19.5 Å². The Morgan fingerprint density at radius 1 is 1.08 bits per heavy atom. The van der Waals surface area contributed by atoms with Crippen LogP contribution in [0.25, 0.3) is 0 Å². The van der Waals surface area contributed by atoms with Crippen LogP contribution in [-0.2, 0) is 14.3 Å². The SMILES string of the molecule is CC(=O)N1CC(OC(=O)N2CCN(c3ccccc3)CC2)C[C@H]1C(=O)O. The van der Waals surface area contributed by atoms with Crippen molar-refractivity contribution in [1.82, 2.24) is 9.80 Å². The molecule has 1 aromatic carbocycles. The summed E-state index contributed by atoms with van der Waals surface area (Å²) in [5.74, 6) is -1.40. The molecule has 0 bridgehead atoms. The number of carboxylic acids is 1. The van der Waals surface area contributed by atoms with Gasteiger partial charge in [0.25, 0.3) is 0 Å². The van der Waals surface area contributed by atoms with Gasteiger partial charge in [-0.2, -0.15) is 0 Å². The Bertz CT molecular complexity index is 651. The number of hydrogen-bond acceptors (Lipinski definition) is 5. The van der Waals surface area contributed by atoms with Gasteiger partial charge in [0.15, 0.2) is 0 Å². The lowest BCUT2D eigenvalue weighted by molar-refractivity contribution is -0.147. The smallest absolute Gasteiger partial charge is 0.410 e. The van der Waals surface area contributed by atoms with Crippen LogP contribution in [0.15, 0.2) is 30.3 Å². The monoisotopic (exact) mass is 361 g/mol. The Hall–Kier alpha value is -2.77. The Balaban J connectivity index is 1.52. The highest BCUT2D eigenvalue weighted by molar-refractivity contribution is 5.83. The lowest BCUT2D eigenvalue weighted by atomic mass is 10.2. The third-order valence-electron chi connectivity index (χ3n) is 4.88. The van der Waals surface area contributed by atoms with Crippen molar-refractivity contribution in [3.05, 3.63) is 30.3 Å². The van der Waals surface area contributed by atoms with Crippen molar-refractivity contribution < 1.29 is 24.2 Å². The summed E-state index contributed by atoms with van der Waals surface area (Å²) in [6.45, 7) is 3.95. The highest BCUT2D eigenvalue weighted by atomic mass is 16.6. The minimum atomic E-state index is -1.07. The largest absolute Gasteiger partial charge is 0.480 e. The van der Waals surface area contributed by atoms with Gasteiger partial charge in [-0.25, -0.2) is 9.59 Å². The fourth-order valence-corrected chi connectivity index (χ4v) is 3.47. The Morgan fingerprint density at radius 3 is 2.27 bits per heavy atom. The Labute approximate surface area is 151 Å². The van der Waals surface area contributed by atoms with Crippen molar-refractivity contribution in [1.29, 1.82) is 0 Å². The van der Waals surface area contributed by atoms with Crippen LogP contribution in [0.4, 0.5) is 10.5 Å². The highest BCUT2D eigenvalue weighted by Crippen LogP contribution is 2.22. The van der Waals surface area contributed by atoms with E-state index in [0.29, 0.717) is 26.2 Å². The molecule has 2 aliphatic rings. The number of para-hydroxylation sites is 1. The molecular formula is C18H23N3O5. The Morgan fingerprint density at radius 2 is 1.73 bits per heavy atom. The molecule has 2 atom stereocenters. The zero-order chi connectivity index (χ0) is 18.7. The normalized spacial score (nSPS) is 23.0. The summed E-state index contributed by atoms with van der Waals surface area (Å²) in [7, 11) is 0. The molecule has 140 valence electrons. The lowest BCUT2D eigenvalue weighted by Gasteiger charge is -2.35. The number of ether oxygens (including phenoxy) is 1. The third kappa shape index (κ3) is 3.89. The van der Waals surface area contributed by atoms with Crippen molar-refractivity contribution in [3.63, 3.8) is 0 Å². The Kier molecular flexibility index (Phi) is 5.29. The molecule has 0 aliphatic carbocycles. The number of carbonyl (C=O) groups is 3. The number of likely N-dealkylation sites (tertiary alicyclic amines) is 1. The van der Waals surface area contributed by atoms with Gasteiger partial charge in [-0.3, -0.25) is 4.79 Å². The molecule has 0 saturated carbocycles. The molecule has 26 heavy (non-hydrogen) atoms. The van der Waals surface area contributed by atoms with Crippen LogP contribution in [0.2, 0.25) is 0 Å². The second-order valence-electron chi connectivity index (χ2n) is 6.58. The molecule has 0 aromatic heterocycles. The average Bonchev–Trinajstić information content (AvgIpc) is 3.07. The first-order valence-electron chi connectivity index (χ1n) is 8.71. The minimum absolute atomic E-state index is 0.127. The van der Waals surface area contributed by atoms with Gasteiger partial charge in [0.05, 0.1) is 6.54 Å². The maximum absolute atomic E-state index is 12.4. The molecule has 0 spiro atoms. The van der Waals surface area contributed by atoms with Gasteiger partial charge in [-0.1, -0.05) is 18.2 Å². The second-order valence-corrected chi connectivity index (χ2v) is 6.58. The zero-order valence-corrected chi connectivity index (χ0v) is 14.7. The van der Waals surface area contributed by atoms with Crippen LogP contribution < -0.4 is 4.90 Å². The van der Waals surface area contributed by atoms with Crippen molar-refractivity contribution >= 4 is 23.7 Å². The molecule has 1 unspecified atom stereocenters. The molecule has 2 saturated heterocycles. The summed E-state index contributed by atoms with van der Waals surface area (Å²) in [4.78, 5) is 40.3. The van der Waals surface area contributed by atoms with Crippen LogP contribution in [-0.4, -0.2) is 77.7 Å². The highest BCUT2D eigenvalue weighted by Gasteiger charge is 2.40. The number of piperazine rings is 1. The van der Waals surface area contributed by atoms with Gasteiger partial charge in [-0.15, -0.1) is 0 Å². The summed E-state index contributed by atoms with van der Waals surface area (Å²) in [6, 6.07) is 9.07. The van der Waals surface area contributed by atoms with Crippen molar-refractivity contribution in [2.24, 2.45) is 0 Å². The number of rotatable bonds is 3. The molecule has 2 aliphatic heterocycles. The maximum Gasteiger partial charge on any atom is 0.410 e. The van der Waals surface area contributed by atoms with Gasteiger partial charge in [0.2, 0.25) is 5.91 Å². The zero-order valence-electron chi connectivity index (χ0n) is 14.7. The van der Waals surface area contributed by atoms with E-state index in [1.54, 1.807) is 4.90 Å². The number of carboxylic acid groups (broad SMARTS) is 1. The lowest BCUT2D eigenvalue weighted by Crippen LogP contribution is -2.49. The van der Waals surface area contributed by atoms with E-state index in [-0.39, 0.29) is 18.9 Å². The molecule has 2 amide bonds. The molecule has 2 fully saturated rings. The molecule has 3 rings (SSSR count). The van der Waals surface area contributed by atoms with Gasteiger partial charge in [0, 0.05) is 45.2 Å². The first-order valence-corrected chi connectivity index (χ1v) is 8.71. The first kappa shape index (κ1) is 18.0. The third-order valence-corrected chi connectivity index (χ3v) is 4.88. The number of amides is 2. The number of aliphatic carboxylic acids is 1. The second kappa shape index (κ2) is 7.63. The topological polar surface area (TPSA) is 90.4 Å². The predicted octanol–water partition coefficient (Wildman–Crippen LogP) is 1.02. The fourth-order valence-electron chi connectivity index (χ4n) is 3.47.